The molecular formula is C50H45F6NO10. The fraction of sp³-hybridized carbons (Fsp3) is 0.240. The van der Waals surface area contributed by atoms with Crippen molar-refractivity contribution in [3.63, 3.8) is 0 Å². The third-order valence-corrected chi connectivity index (χ3v) is 9.84. The summed E-state index contributed by atoms with van der Waals surface area (Å²) in [6, 6.07) is 29.8. The zero-order valence-corrected chi connectivity index (χ0v) is 35.6. The van der Waals surface area contributed by atoms with E-state index in [1.54, 1.807) is 36.4 Å². The average molecular weight is 934 g/mol. The summed E-state index contributed by atoms with van der Waals surface area (Å²) in [6.45, 7) is -0.293. The largest absolute Gasteiger partial charge is 0.494 e. The minimum atomic E-state index is -4.28. The van der Waals surface area contributed by atoms with Gasteiger partial charge in [-0.3, -0.25) is 9.59 Å². The highest BCUT2D eigenvalue weighted by Gasteiger charge is 2.41. The van der Waals surface area contributed by atoms with E-state index in [-0.39, 0.29) is 60.9 Å². The lowest BCUT2D eigenvalue weighted by Crippen LogP contribution is -2.46. The van der Waals surface area contributed by atoms with Gasteiger partial charge in [-0.05, 0) is 133 Å². The number of alkyl halides is 6. The van der Waals surface area contributed by atoms with E-state index >= 15 is 0 Å². The summed E-state index contributed by atoms with van der Waals surface area (Å²) in [7, 11) is 0. The van der Waals surface area contributed by atoms with Gasteiger partial charge in [0.1, 0.15) is 23.0 Å². The van der Waals surface area contributed by atoms with Crippen LogP contribution in [0.4, 0.5) is 32.0 Å². The Bertz CT molecular complexity index is 2480. The van der Waals surface area contributed by atoms with Crippen molar-refractivity contribution in [3.05, 3.63) is 161 Å². The lowest BCUT2D eigenvalue weighted by Gasteiger charge is -2.28. The average Bonchev–Trinajstić information content (AvgIpc) is 3.29. The number of hydrogen-bond acceptors (Lipinski definition) is 11. The number of allylic oxidation sites excluding steroid dienone is 1. The number of benzene rings is 5. The highest BCUT2D eigenvalue weighted by molar-refractivity contribution is 6.00. The Morgan fingerprint density at radius 2 is 0.955 bits per heavy atom. The van der Waals surface area contributed by atoms with Gasteiger partial charge >= 0.3 is 24.3 Å². The molecule has 0 fully saturated rings. The summed E-state index contributed by atoms with van der Waals surface area (Å²) < 4.78 is 95.4. The maximum Gasteiger partial charge on any atom is 0.389 e. The number of esters is 2. The van der Waals surface area contributed by atoms with Crippen molar-refractivity contribution in [1.82, 2.24) is 0 Å². The van der Waals surface area contributed by atoms with Crippen molar-refractivity contribution in [1.29, 1.82) is 0 Å². The van der Waals surface area contributed by atoms with Crippen molar-refractivity contribution in [2.75, 3.05) is 18.9 Å². The van der Waals surface area contributed by atoms with Gasteiger partial charge in [0.15, 0.2) is 5.78 Å². The fourth-order valence-electron chi connectivity index (χ4n) is 6.22. The fourth-order valence-corrected chi connectivity index (χ4v) is 6.22. The van der Waals surface area contributed by atoms with Crippen molar-refractivity contribution in [2.24, 2.45) is 5.92 Å². The second kappa shape index (κ2) is 23.3. The zero-order chi connectivity index (χ0) is 48.6. The van der Waals surface area contributed by atoms with Crippen LogP contribution in [0.5, 0.6) is 23.0 Å². The van der Waals surface area contributed by atoms with Crippen LogP contribution in [0.1, 0.15) is 69.5 Å². The molecule has 17 heteroatoms. The minimum absolute atomic E-state index is 0.0952. The molecule has 0 bridgehead atoms. The van der Waals surface area contributed by atoms with E-state index in [9.17, 15) is 55.7 Å². The molecule has 4 N–H and O–H groups in total. The number of ether oxygens (including phenoxy) is 4. The quantitative estimate of drug-likeness (QED) is 0.0115. The maximum atomic E-state index is 13.3. The normalized spacial score (nSPS) is 12.5. The van der Waals surface area contributed by atoms with E-state index in [4.69, 9.17) is 24.7 Å². The molecular weight excluding hydrogens is 889 g/mol. The summed E-state index contributed by atoms with van der Waals surface area (Å²) >= 11 is 0. The van der Waals surface area contributed by atoms with Gasteiger partial charge in [-0.15, -0.1) is 0 Å². The molecule has 0 aliphatic rings. The predicted octanol–water partition coefficient (Wildman–Crippen LogP) is 9.94. The van der Waals surface area contributed by atoms with E-state index < -0.39 is 66.8 Å². The number of hydrogen-bond donors (Lipinski definition) is 3. The van der Waals surface area contributed by atoms with Crippen LogP contribution >= 0.6 is 0 Å². The second-order valence-electron chi connectivity index (χ2n) is 15.2. The van der Waals surface area contributed by atoms with Crippen LogP contribution in [-0.4, -0.2) is 65.1 Å². The highest BCUT2D eigenvalue weighted by atomic mass is 19.4. The maximum absolute atomic E-state index is 13.3. The van der Waals surface area contributed by atoms with Crippen LogP contribution in [0, 0.1) is 5.92 Å². The molecule has 0 amide bonds. The lowest BCUT2D eigenvalue weighted by atomic mass is 9.84. The Balaban J connectivity index is 1.15. The molecule has 0 radical (unpaired) electrons. The predicted molar refractivity (Wildman–Crippen MR) is 235 cm³/mol. The van der Waals surface area contributed by atoms with Gasteiger partial charge in [0, 0.05) is 30.9 Å². The van der Waals surface area contributed by atoms with Crippen LogP contribution in [0.25, 0.3) is 12.2 Å². The number of ketones is 2. The van der Waals surface area contributed by atoms with Crippen molar-refractivity contribution >= 4 is 41.3 Å². The molecule has 0 heterocycles. The lowest BCUT2D eigenvalue weighted by molar-refractivity contribution is -0.199. The van der Waals surface area contributed by atoms with Gasteiger partial charge in [-0.2, -0.15) is 26.3 Å². The monoisotopic (exact) mass is 933 g/mol. The molecule has 0 aromatic heterocycles. The summed E-state index contributed by atoms with van der Waals surface area (Å²) in [6.07, 6.45) is -6.54. The van der Waals surface area contributed by atoms with Crippen LogP contribution < -0.4 is 24.7 Å². The zero-order valence-electron chi connectivity index (χ0n) is 35.6. The number of anilines is 1. The van der Waals surface area contributed by atoms with Crippen LogP contribution in [0.2, 0.25) is 0 Å². The van der Waals surface area contributed by atoms with E-state index in [1.165, 1.54) is 103 Å². The Kier molecular flexibility index (Phi) is 17.6. The molecule has 5 aromatic rings. The molecule has 67 heavy (non-hydrogen) atoms. The molecule has 5 aromatic carbocycles. The number of nitrogen functional groups attached to an aromatic ring is 1. The summed E-state index contributed by atoms with van der Waals surface area (Å²) in [5, 5.41) is 22.5. The molecule has 0 saturated heterocycles. The molecule has 1 unspecified atom stereocenters. The Labute approximate surface area is 381 Å². The second-order valence-corrected chi connectivity index (χ2v) is 15.2. The standard InChI is InChI=1S/C50H45F6NO10/c51-48(52,53)27-1-29-64-41-22-11-36(12-23-41)46(60)66-43-18-6-33(7-19-43)5-17-40(58)32-38(31-35-3-15-39(57)16-4-35)50(62,63)45(59)26-10-34-8-20-44(21-9-34)67-47(61)37-13-24-42(25-14-37)65-30-2-28-49(54,55)56/h3-26,38,62-63H,1-2,27-32,57H2/b17-5+,26-10+. The molecule has 352 valence electrons. The number of aliphatic hydroxyl groups is 2. The van der Waals surface area contributed by atoms with E-state index in [0.29, 0.717) is 28.1 Å². The topological polar surface area (TPSA) is 172 Å². The minimum Gasteiger partial charge on any atom is -0.494 e. The van der Waals surface area contributed by atoms with Crippen molar-refractivity contribution in [2.45, 2.75) is 56.7 Å². The Morgan fingerprint density at radius 1 is 0.552 bits per heavy atom. The summed E-state index contributed by atoms with van der Waals surface area (Å²) in [4.78, 5) is 51.9. The van der Waals surface area contributed by atoms with Gasteiger partial charge in [-0.1, -0.05) is 48.6 Å². The molecule has 1 atom stereocenters. The van der Waals surface area contributed by atoms with Gasteiger partial charge in [0.2, 0.25) is 11.6 Å². The number of rotatable bonds is 22. The molecule has 0 aliphatic heterocycles. The van der Waals surface area contributed by atoms with E-state index in [1.807, 2.05) is 0 Å². The molecule has 0 spiro atoms. The number of carbonyl (C=O) groups is 4. The Hall–Kier alpha value is -7.24. The van der Waals surface area contributed by atoms with Gasteiger partial charge < -0.3 is 34.9 Å². The molecule has 11 nitrogen and oxygen atoms in total. The molecule has 5 rings (SSSR count). The van der Waals surface area contributed by atoms with Crippen molar-refractivity contribution < 1.29 is 74.7 Å². The first-order valence-corrected chi connectivity index (χ1v) is 20.7. The summed E-state index contributed by atoms with van der Waals surface area (Å²) in [5.41, 5.74) is 8.10. The SMILES string of the molecule is Nc1ccc(CC(CC(=O)/C=C/c2ccc(OC(=O)c3ccc(OCCCC(F)(F)F)cc3)cc2)C(O)(O)C(=O)/C=C/c2ccc(OC(=O)c3ccc(OCCCC(F)(F)F)cc3)cc2)cc1. The third-order valence-electron chi connectivity index (χ3n) is 9.84. The Morgan fingerprint density at radius 3 is 1.37 bits per heavy atom. The summed E-state index contributed by atoms with van der Waals surface area (Å²) in [5.74, 6) is -6.50. The smallest absolute Gasteiger partial charge is 0.389 e. The van der Waals surface area contributed by atoms with Gasteiger partial charge in [0.05, 0.1) is 24.3 Å². The number of halogens is 6. The van der Waals surface area contributed by atoms with Gasteiger partial charge in [-0.25, -0.2) is 9.59 Å². The van der Waals surface area contributed by atoms with E-state index in [0.717, 1.165) is 6.08 Å². The molecule has 0 saturated carbocycles. The first-order valence-electron chi connectivity index (χ1n) is 20.7. The highest BCUT2D eigenvalue weighted by Crippen LogP contribution is 2.28. The third kappa shape index (κ3) is 17.2. The van der Waals surface area contributed by atoms with Crippen LogP contribution in [0.15, 0.2) is 133 Å². The number of nitrogens with two attached hydrogens (primary N) is 1. The number of carbonyl (C=O) groups excluding carboxylic acids is 4. The van der Waals surface area contributed by atoms with Crippen LogP contribution in [0.3, 0.4) is 0 Å². The van der Waals surface area contributed by atoms with Crippen LogP contribution in [-0.2, 0) is 16.0 Å². The van der Waals surface area contributed by atoms with Gasteiger partial charge in [0.25, 0.3) is 0 Å². The first-order chi connectivity index (χ1) is 31.7. The first kappa shape index (κ1) is 50.8. The van der Waals surface area contributed by atoms with E-state index in [2.05, 4.69) is 0 Å². The van der Waals surface area contributed by atoms with Crippen molar-refractivity contribution in [3.8, 4) is 23.0 Å². The molecule has 0 aliphatic carbocycles.